The van der Waals surface area contributed by atoms with Gasteiger partial charge in [0.2, 0.25) is 0 Å². The number of allylic oxidation sites excluding steroid dienone is 1. The molecular weight excluding hydrogens is 434 g/mol. The molecule has 1 fully saturated rings. The largest absolute Gasteiger partial charge is 0.391 e. The average Bonchev–Trinajstić information content (AvgIpc) is 2.78. The molecule has 0 bridgehead atoms. The Morgan fingerprint density at radius 3 is 2.56 bits per heavy atom. The van der Waals surface area contributed by atoms with Crippen LogP contribution in [0.2, 0.25) is 0 Å². The number of carbonyl (C=O) groups is 1. The minimum Gasteiger partial charge on any atom is -0.368 e. The molecule has 4 rings (SSSR count). The third-order valence-electron chi connectivity index (χ3n) is 5.83. The molecular formula is C24H31F3N3OP. The molecule has 174 valence electrons. The number of nitrogens with zero attached hydrogens (tertiary/aromatic N) is 2. The Labute approximate surface area is 190 Å². The molecule has 3 unspecified atom stereocenters. The van der Waals surface area contributed by atoms with Crippen molar-refractivity contribution in [3.05, 3.63) is 65.5 Å². The zero-order valence-corrected chi connectivity index (χ0v) is 19.7. The summed E-state index contributed by atoms with van der Waals surface area (Å²) in [6.45, 7) is 8.79. The molecule has 32 heavy (non-hydrogen) atoms. The summed E-state index contributed by atoms with van der Waals surface area (Å²) in [5, 5.41) is 4.53. The molecule has 1 aromatic carbocycles. The van der Waals surface area contributed by atoms with Gasteiger partial charge in [-0.15, -0.1) is 0 Å². The van der Waals surface area contributed by atoms with Crippen molar-refractivity contribution >= 4 is 19.8 Å². The summed E-state index contributed by atoms with van der Waals surface area (Å²) in [6, 6.07) is 8.42. The number of halogens is 3. The molecule has 3 atom stereocenters. The summed E-state index contributed by atoms with van der Waals surface area (Å²) < 4.78 is 34.3. The van der Waals surface area contributed by atoms with E-state index in [0.717, 1.165) is 37.2 Å². The van der Waals surface area contributed by atoms with Gasteiger partial charge in [0.15, 0.2) is 0 Å². The maximum atomic E-state index is 12.7. The van der Waals surface area contributed by atoms with E-state index in [2.05, 4.69) is 53.6 Å². The van der Waals surface area contributed by atoms with Gasteiger partial charge in [0.1, 0.15) is 0 Å². The van der Waals surface area contributed by atoms with Crippen LogP contribution in [-0.2, 0) is 4.79 Å². The van der Waals surface area contributed by atoms with Gasteiger partial charge in [0.25, 0.3) is 5.91 Å². The van der Waals surface area contributed by atoms with Crippen molar-refractivity contribution in [3.8, 4) is 0 Å². The number of alkyl halides is 3. The molecule has 4 nitrogen and oxygen atoms in total. The van der Waals surface area contributed by atoms with Crippen LogP contribution in [0.15, 0.2) is 54.4 Å². The van der Waals surface area contributed by atoms with Gasteiger partial charge in [-0.3, -0.25) is 4.79 Å². The van der Waals surface area contributed by atoms with Crippen LogP contribution in [-0.4, -0.2) is 53.8 Å². The average molecular weight is 466 g/mol. The van der Waals surface area contributed by atoms with Crippen LogP contribution in [0, 0.1) is 12.8 Å². The summed E-state index contributed by atoms with van der Waals surface area (Å²) in [7, 11) is 0.585. The van der Waals surface area contributed by atoms with Crippen LogP contribution in [0.25, 0.3) is 5.31 Å². The number of hydrogen-bond donors (Lipinski definition) is 1. The Morgan fingerprint density at radius 2 is 1.97 bits per heavy atom. The number of hydrogen-bond acceptors (Lipinski definition) is 3. The second-order valence-electron chi connectivity index (χ2n) is 8.26. The summed E-state index contributed by atoms with van der Waals surface area (Å²) in [5.41, 5.74) is 3.55. The van der Waals surface area contributed by atoms with Crippen molar-refractivity contribution < 1.29 is 18.0 Å². The third kappa shape index (κ3) is 6.23. The molecule has 3 aliphatic heterocycles. The molecule has 0 radical (unpaired) electrons. The third-order valence-corrected chi connectivity index (χ3v) is 7.34. The van der Waals surface area contributed by atoms with Crippen LogP contribution in [0.1, 0.15) is 31.4 Å². The molecule has 1 saturated heterocycles. The Kier molecular flexibility index (Phi) is 8.18. The first-order valence-corrected chi connectivity index (χ1v) is 12.1. The highest BCUT2D eigenvalue weighted by atomic mass is 31.1. The van der Waals surface area contributed by atoms with Crippen molar-refractivity contribution in [1.29, 1.82) is 0 Å². The number of carbonyl (C=O) groups excluding carboxylic acids is 1. The van der Waals surface area contributed by atoms with Crippen LogP contribution < -0.4 is 5.32 Å². The lowest BCUT2D eigenvalue weighted by Gasteiger charge is -2.37. The van der Waals surface area contributed by atoms with Gasteiger partial charge in [0, 0.05) is 38.5 Å². The van der Waals surface area contributed by atoms with Crippen molar-refractivity contribution in [1.82, 2.24) is 15.1 Å². The van der Waals surface area contributed by atoms with E-state index in [0.29, 0.717) is 8.58 Å². The minimum absolute atomic E-state index is 0.0900. The SMILES string of the molecule is CCC(C)C(F)(F)F.Cc1cccc(C2=CC(=O)N3C=C(N4CCNCC4)C=CC3P2)c1. The number of piperazine rings is 1. The van der Waals surface area contributed by atoms with Gasteiger partial charge < -0.3 is 15.1 Å². The predicted octanol–water partition coefficient (Wildman–Crippen LogP) is 5.09. The second kappa shape index (κ2) is 10.7. The number of aryl methyl sites for hydroxylation is 1. The molecule has 8 heteroatoms. The van der Waals surface area contributed by atoms with Crippen molar-refractivity contribution in [3.63, 3.8) is 0 Å². The van der Waals surface area contributed by atoms with Crippen molar-refractivity contribution in [2.75, 3.05) is 26.2 Å². The number of amides is 1. The normalized spacial score (nSPS) is 22.6. The Balaban J connectivity index is 0.000000312. The highest BCUT2D eigenvalue weighted by Gasteiger charge is 2.34. The molecule has 0 saturated carbocycles. The fourth-order valence-electron chi connectivity index (χ4n) is 3.59. The summed E-state index contributed by atoms with van der Waals surface area (Å²) >= 11 is 0. The van der Waals surface area contributed by atoms with E-state index in [1.165, 1.54) is 25.0 Å². The monoisotopic (exact) mass is 465 g/mol. The number of nitrogens with one attached hydrogen (secondary N) is 1. The van der Waals surface area contributed by atoms with Gasteiger partial charge in [-0.25, -0.2) is 0 Å². The first-order chi connectivity index (χ1) is 15.2. The van der Waals surface area contributed by atoms with E-state index in [-0.39, 0.29) is 18.1 Å². The quantitative estimate of drug-likeness (QED) is 0.632. The topological polar surface area (TPSA) is 35.6 Å². The molecule has 3 heterocycles. The zero-order chi connectivity index (χ0) is 23.3. The van der Waals surface area contributed by atoms with Gasteiger partial charge in [0.05, 0.1) is 17.4 Å². The molecule has 0 aliphatic carbocycles. The van der Waals surface area contributed by atoms with Gasteiger partial charge >= 0.3 is 6.18 Å². The lowest BCUT2D eigenvalue weighted by molar-refractivity contribution is -0.170. The van der Waals surface area contributed by atoms with Crippen LogP contribution in [0.5, 0.6) is 0 Å². The first kappa shape index (κ1) is 24.5. The lowest BCUT2D eigenvalue weighted by Crippen LogP contribution is -2.44. The molecule has 0 spiro atoms. The first-order valence-electron chi connectivity index (χ1n) is 11.0. The highest BCUT2D eigenvalue weighted by molar-refractivity contribution is 7.51. The smallest absolute Gasteiger partial charge is 0.368 e. The summed E-state index contributed by atoms with van der Waals surface area (Å²) in [5.74, 6) is -0.903. The highest BCUT2D eigenvalue weighted by Crippen LogP contribution is 2.44. The number of benzene rings is 1. The standard InChI is InChI=1S/C19H22N3OP.C5H9F3/c1-14-3-2-4-15(11-14)17-12-18(23)22-13-16(5-6-19(22)24-17)21-9-7-20-8-10-21;1-3-4(2)5(6,7)8/h2-6,11-13,19-20,24H,7-10H2,1H3;4H,3H2,1-2H3. The van der Waals surface area contributed by atoms with Crippen LogP contribution >= 0.6 is 8.58 Å². The zero-order valence-electron chi connectivity index (χ0n) is 18.7. The van der Waals surface area contributed by atoms with E-state index >= 15 is 0 Å². The Bertz CT molecular complexity index is 904. The fourth-order valence-corrected chi connectivity index (χ4v) is 4.97. The van der Waals surface area contributed by atoms with E-state index in [1.54, 1.807) is 0 Å². The summed E-state index contributed by atoms with van der Waals surface area (Å²) in [6.07, 6.45) is 4.41. The van der Waals surface area contributed by atoms with Gasteiger partial charge in [-0.1, -0.05) is 58.3 Å². The Morgan fingerprint density at radius 1 is 1.25 bits per heavy atom. The van der Waals surface area contributed by atoms with Crippen LogP contribution in [0.3, 0.4) is 0 Å². The lowest BCUT2D eigenvalue weighted by atomic mass is 10.1. The van der Waals surface area contributed by atoms with E-state index < -0.39 is 12.1 Å². The van der Waals surface area contributed by atoms with E-state index in [1.807, 2.05) is 17.2 Å². The number of fused-ring (bicyclic) bond motifs is 1. The molecule has 3 aliphatic rings. The van der Waals surface area contributed by atoms with Crippen LogP contribution in [0.4, 0.5) is 13.2 Å². The summed E-state index contributed by atoms with van der Waals surface area (Å²) in [4.78, 5) is 16.9. The second-order valence-corrected chi connectivity index (χ2v) is 9.68. The fraction of sp³-hybridized carbons (Fsp3) is 0.458. The maximum Gasteiger partial charge on any atom is 0.391 e. The molecule has 1 amide bonds. The van der Waals surface area contributed by atoms with Crippen molar-refractivity contribution in [2.24, 2.45) is 5.92 Å². The minimum atomic E-state index is -3.99. The van der Waals surface area contributed by atoms with Crippen molar-refractivity contribution in [2.45, 2.75) is 39.2 Å². The van der Waals surface area contributed by atoms with Gasteiger partial charge in [-0.2, -0.15) is 13.2 Å². The van der Waals surface area contributed by atoms with E-state index in [4.69, 9.17) is 0 Å². The number of rotatable bonds is 3. The van der Waals surface area contributed by atoms with E-state index in [9.17, 15) is 18.0 Å². The molecule has 0 aromatic heterocycles. The maximum absolute atomic E-state index is 12.7. The predicted molar refractivity (Wildman–Crippen MR) is 125 cm³/mol. The molecule has 1 aromatic rings. The Hall–Kier alpha value is -2.11. The van der Waals surface area contributed by atoms with Gasteiger partial charge in [-0.05, 0) is 30.3 Å². The molecule has 1 N–H and O–H groups in total.